The van der Waals surface area contributed by atoms with Gasteiger partial charge < -0.3 is 20.7 Å². The van der Waals surface area contributed by atoms with Crippen LogP contribution in [0.2, 0.25) is 0 Å². The van der Waals surface area contributed by atoms with Gasteiger partial charge >= 0.3 is 0 Å². The number of hydrogen-bond acceptors (Lipinski definition) is 7. The van der Waals surface area contributed by atoms with Crippen LogP contribution in [0.4, 0.5) is 5.69 Å². The van der Waals surface area contributed by atoms with E-state index in [-0.39, 0.29) is 11.7 Å². The van der Waals surface area contributed by atoms with Gasteiger partial charge in [-0.05, 0) is 49.9 Å². The van der Waals surface area contributed by atoms with E-state index < -0.39 is 11.5 Å². The first-order valence-electron chi connectivity index (χ1n) is 10.3. The topological polar surface area (TPSA) is 127 Å². The molecule has 8 heteroatoms. The summed E-state index contributed by atoms with van der Waals surface area (Å²) in [5.74, 6) is 0.928. The number of aliphatic hydroxyl groups is 1. The Hall–Kier alpha value is -2.74. The summed E-state index contributed by atoms with van der Waals surface area (Å²) in [6, 6.07) is 0.296. The predicted molar refractivity (Wildman–Crippen MR) is 105 cm³/mol. The number of primary amides is 1. The zero-order chi connectivity index (χ0) is 19.8. The van der Waals surface area contributed by atoms with Crippen molar-refractivity contribution in [3.05, 3.63) is 29.4 Å². The molecule has 4 bridgehead atoms. The van der Waals surface area contributed by atoms with Gasteiger partial charge in [0.15, 0.2) is 0 Å². The molecule has 8 nitrogen and oxygen atoms in total. The highest BCUT2D eigenvalue weighted by molar-refractivity contribution is 5.90. The number of carbonyl (C=O) groups excluding carboxylic acids is 1. The lowest BCUT2D eigenvalue weighted by atomic mass is 9.52. The van der Waals surface area contributed by atoms with Gasteiger partial charge in [0.2, 0.25) is 0 Å². The van der Waals surface area contributed by atoms with Crippen molar-refractivity contribution in [2.75, 3.05) is 5.32 Å². The summed E-state index contributed by atoms with van der Waals surface area (Å²) in [6.45, 7) is 0. The molecule has 5 atom stereocenters. The number of pyridine rings is 1. The fraction of sp³-hybridized carbons (Fsp3) is 0.524. The van der Waals surface area contributed by atoms with Crippen LogP contribution in [-0.4, -0.2) is 37.8 Å². The number of aromatic nitrogens is 3. The van der Waals surface area contributed by atoms with E-state index in [0.717, 1.165) is 42.6 Å². The Morgan fingerprint density at radius 2 is 2.07 bits per heavy atom. The van der Waals surface area contributed by atoms with Crippen LogP contribution in [0, 0.1) is 17.8 Å². The molecule has 4 fully saturated rings. The zero-order valence-corrected chi connectivity index (χ0v) is 16.0. The molecule has 7 rings (SSSR count). The van der Waals surface area contributed by atoms with Gasteiger partial charge in [-0.1, -0.05) is 17.3 Å². The van der Waals surface area contributed by atoms with E-state index in [2.05, 4.69) is 32.6 Å². The smallest absolute Gasteiger partial charge is 0.290 e. The molecule has 3 unspecified atom stereocenters. The summed E-state index contributed by atoms with van der Waals surface area (Å²) in [4.78, 5) is 20.1. The van der Waals surface area contributed by atoms with E-state index in [1.54, 1.807) is 6.20 Å². The molecule has 5 aliphatic carbocycles. The Kier molecular flexibility index (Phi) is 3.48. The monoisotopic (exact) mass is 393 g/mol. The third-order valence-electron chi connectivity index (χ3n) is 7.22. The average Bonchev–Trinajstić information content (AvgIpc) is 3.32. The molecule has 1 amide bonds. The van der Waals surface area contributed by atoms with Gasteiger partial charge in [0.25, 0.3) is 17.6 Å². The van der Waals surface area contributed by atoms with Gasteiger partial charge in [0, 0.05) is 24.2 Å². The normalized spacial score (nSPS) is 33.8. The van der Waals surface area contributed by atoms with Crippen molar-refractivity contribution in [2.24, 2.45) is 23.5 Å². The first-order chi connectivity index (χ1) is 14.0. The largest absolute Gasteiger partial charge is 0.390 e. The molecule has 2 aromatic heterocycles. The number of rotatable bonds is 4. The van der Waals surface area contributed by atoms with Crippen molar-refractivity contribution < 1.29 is 14.4 Å². The minimum atomic E-state index is -0.724. The lowest BCUT2D eigenvalue weighted by Crippen LogP contribution is -2.59. The second-order valence-electron chi connectivity index (χ2n) is 9.17. The number of nitrogens with two attached hydrogens (primary N) is 1. The number of allylic oxidation sites excluding steroid dienone is 1. The summed E-state index contributed by atoms with van der Waals surface area (Å²) in [7, 11) is 0. The first-order valence-corrected chi connectivity index (χ1v) is 10.3. The first kappa shape index (κ1) is 17.1. The summed E-state index contributed by atoms with van der Waals surface area (Å²) in [5, 5.41) is 18.4. The Bertz CT molecular complexity index is 1030. The van der Waals surface area contributed by atoms with Gasteiger partial charge in [-0.25, -0.2) is 0 Å². The van der Waals surface area contributed by atoms with E-state index in [1.807, 2.05) is 0 Å². The van der Waals surface area contributed by atoms with Crippen molar-refractivity contribution in [1.82, 2.24) is 15.1 Å². The maximum Gasteiger partial charge on any atom is 0.290 e. The Balaban J connectivity index is 1.40. The molecule has 0 spiro atoms. The number of hydrogen-bond donors (Lipinski definition) is 3. The number of nitrogens with zero attached hydrogens (tertiary/aromatic N) is 3. The Labute approximate surface area is 167 Å². The fourth-order valence-corrected chi connectivity index (χ4v) is 6.33. The van der Waals surface area contributed by atoms with Crippen molar-refractivity contribution in [1.29, 1.82) is 0 Å². The quantitative estimate of drug-likeness (QED) is 0.726. The summed E-state index contributed by atoms with van der Waals surface area (Å²) in [6.07, 6.45) is 11.7. The number of anilines is 1. The number of nitrogens with one attached hydrogen (secondary N) is 1. The lowest BCUT2D eigenvalue weighted by Gasteiger charge is -2.58. The molecule has 5 aliphatic rings. The van der Waals surface area contributed by atoms with Crippen LogP contribution in [0.1, 0.15) is 54.0 Å². The molecule has 0 saturated heterocycles. The van der Waals surface area contributed by atoms with Gasteiger partial charge in [-0.3, -0.25) is 9.78 Å². The molecule has 4 saturated carbocycles. The van der Waals surface area contributed by atoms with Gasteiger partial charge in [-0.15, -0.1) is 0 Å². The third kappa shape index (κ3) is 2.62. The molecule has 0 aliphatic heterocycles. The number of carbonyl (C=O) groups is 1. The highest BCUT2D eigenvalue weighted by atomic mass is 16.5. The molecular formula is C21H23N5O3. The fourth-order valence-electron chi connectivity index (χ4n) is 6.33. The molecule has 2 heterocycles. The van der Waals surface area contributed by atoms with Crippen LogP contribution in [0.15, 0.2) is 16.8 Å². The highest BCUT2D eigenvalue weighted by Gasteiger charge is 2.54. The van der Waals surface area contributed by atoms with E-state index in [9.17, 15) is 9.90 Å². The molecule has 0 aromatic carbocycles. The van der Waals surface area contributed by atoms with Crippen LogP contribution in [-0.2, 0) is 6.42 Å². The van der Waals surface area contributed by atoms with Crippen molar-refractivity contribution in [3.63, 3.8) is 0 Å². The van der Waals surface area contributed by atoms with Crippen LogP contribution in [0.5, 0.6) is 0 Å². The maximum absolute atomic E-state index is 11.4. The van der Waals surface area contributed by atoms with E-state index in [0.29, 0.717) is 29.4 Å². The lowest BCUT2D eigenvalue weighted by molar-refractivity contribution is -0.129. The zero-order valence-electron chi connectivity index (χ0n) is 16.0. The highest BCUT2D eigenvalue weighted by Crippen LogP contribution is 2.56. The van der Waals surface area contributed by atoms with Gasteiger partial charge in [0.1, 0.15) is 0 Å². The SMILES string of the molecule is NC(=O)c1noc(-c2cnc3c(c2NC2[C@@H]4CC5C[C@H]2CC(O)(C5)C4)C=CC3)n1. The minimum Gasteiger partial charge on any atom is -0.390 e. The Morgan fingerprint density at radius 3 is 2.76 bits per heavy atom. The maximum atomic E-state index is 11.4. The van der Waals surface area contributed by atoms with E-state index in [4.69, 9.17) is 10.3 Å². The second kappa shape index (κ2) is 5.89. The van der Waals surface area contributed by atoms with Gasteiger partial charge in [-0.2, -0.15) is 4.98 Å². The molecule has 29 heavy (non-hydrogen) atoms. The van der Waals surface area contributed by atoms with Crippen molar-refractivity contribution in [2.45, 2.75) is 50.2 Å². The van der Waals surface area contributed by atoms with Crippen molar-refractivity contribution in [3.8, 4) is 11.5 Å². The summed E-state index contributed by atoms with van der Waals surface area (Å²) in [5.41, 5.74) is 8.46. The third-order valence-corrected chi connectivity index (χ3v) is 7.22. The van der Waals surface area contributed by atoms with Crippen LogP contribution < -0.4 is 11.1 Å². The molecule has 2 aromatic rings. The van der Waals surface area contributed by atoms with Crippen molar-refractivity contribution >= 4 is 17.7 Å². The van der Waals surface area contributed by atoms with Gasteiger partial charge in [0.05, 0.1) is 22.5 Å². The average molecular weight is 393 g/mol. The molecular weight excluding hydrogens is 370 g/mol. The molecule has 150 valence electrons. The second-order valence-corrected chi connectivity index (χ2v) is 9.17. The number of fused-ring (bicyclic) bond motifs is 1. The standard InChI is InChI=1S/C21H23N5O3/c22-18(27)19-25-20(29-26-19)14-9-23-15-3-1-2-13(15)17(14)24-16-11-4-10-5-12(16)8-21(28,6-10)7-11/h1-2,9-12,16,28H,3-8H2,(H2,22,27)(H,23,24)/t10?,11-,12+,16?,21?. The minimum absolute atomic E-state index is 0.140. The summed E-state index contributed by atoms with van der Waals surface area (Å²) < 4.78 is 5.33. The van der Waals surface area contributed by atoms with Crippen LogP contribution >= 0.6 is 0 Å². The van der Waals surface area contributed by atoms with Crippen LogP contribution in [0.3, 0.4) is 0 Å². The van der Waals surface area contributed by atoms with E-state index >= 15 is 0 Å². The molecule has 4 N–H and O–H groups in total. The van der Waals surface area contributed by atoms with Crippen LogP contribution in [0.25, 0.3) is 17.5 Å². The molecule has 0 radical (unpaired) electrons. The predicted octanol–water partition coefficient (Wildman–Crippen LogP) is 2.15. The number of amides is 1. The van der Waals surface area contributed by atoms with E-state index in [1.165, 1.54) is 12.8 Å². The Morgan fingerprint density at radius 1 is 1.28 bits per heavy atom. The summed E-state index contributed by atoms with van der Waals surface area (Å²) >= 11 is 0.